The van der Waals surface area contributed by atoms with Crippen LogP contribution in [0.1, 0.15) is 15.9 Å². The minimum atomic E-state index is -0.632. The maximum absolute atomic E-state index is 12.9. The predicted octanol–water partition coefficient (Wildman–Crippen LogP) is 1.86. The minimum absolute atomic E-state index is 0.190. The van der Waals surface area contributed by atoms with E-state index >= 15 is 0 Å². The quantitative estimate of drug-likeness (QED) is 0.902. The number of benzene rings is 1. The number of nitrogens with one attached hydrogen (secondary N) is 1. The lowest BCUT2D eigenvalue weighted by Gasteiger charge is -2.18. The zero-order valence-electron chi connectivity index (χ0n) is 13.2. The number of halogens is 1. The Bertz CT molecular complexity index is 867. The number of rotatable bonds is 4. The van der Waals surface area contributed by atoms with Crippen molar-refractivity contribution in [2.24, 2.45) is 0 Å². The molecule has 1 aliphatic heterocycles. The Kier molecular flexibility index (Phi) is 5.14. The van der Waals surface area contributed by atoms with Crippen LogP contribution in [0.25, 0.3) is 10.9 Å². The molecule has 0 aliphatic carbocycles. The number of aromatic nitrogens is 1. The minimum Gasteiger partial charge on any atom is -0.343 e. The molecule has 0 unspecified atom stereocenters. The van der Waals surface area contributed by atoms with Crippen LogP contribution < -0.4 is 5.32 Å². The smallest absolute Gasteiger partial charge is 0.252 e. The van der Waals surface area contributed by atoms with Crippen LogP contribution in [-0.4, -0.2) is 45.9 Å². The number of fused-ring (bicyclic) bond motifs is 1. The molecule has 1 fully saturated rings. The molecule has 2 heterocycles. The van der Waals surface area contributed by atoms with Crippen molar-refractivity contribution in [3.8, 4) is 6.07 Å². The third-order valence-corrected chi connectivity index (χ3v) is 4.97. The van der Waals surface area contributed by atoms with Crippen LogP contribution >= 0.6 is 11.8 Å². The maximum atomic E-state index is 12.9. The van der Waals surface area contributed by atoms with E-state index in [1.165, 1.54) is 28.9 Å². The highest BCUT2D eigenvalue weighted by molar-refractivity contribution is 7.99. The molecule has 3 rings (SSSR count). The van der Waals surface area contributed by atoms with Crippen molar-refractivity contribution in [3.63, 3.8) is 0 Å². The molecule has 6 nitrogen and oxygen atoms in total. The molecule has 128 valence electrons. The standard InChI is InChI=1S/C17H15FN4O2S/c18-6-11-1-2-15-14(5-11)13(3-4-20-15)17(24)21-8-16(23)22-10-25-9-12(22)7-19/h1-5,12H,6,8-10H2,(H,21,24)/t12-/m1/s1. The van der Waals surface area contributed by atoms with Crippen LogP contribution in [0, 0.1) is 11.3 Å². The van der Waals surface area contributed by atoms with Crippen LogP contribution in [0.4, 0.5) is 4.39 Å². The van der Waals surface area contributed by atoms with Crippen LogP contribution in [-0.2, 0) is 11.5 Å². The molecule has 0 spiro atoms. The summed E-state index contributed by atoms with van der Waals surface area (Å²) in [5, 5.41) is 12.1. The molecule has 2 aromatic rings. The summed E-state index contributed by atoms with van der Waals surface area (Å²) >= 11 is 1.51. The second kappa shape index (κ2) is 7.49. The first-order chi connectivity index (χ1) is 12.1. The number of hydrogen-bond acceptors (Lipinski definition) is 5. The summed E-state index contributed by atoms with van der Waals surface area (Å²) in [4.78, 5) is 30.3. The molecule has 0 saturated carbocycles. The molecule has 1 aliphatic rings. The third-order valence-electron chi connectivity index (χ3n) is 3.96. The number of pyridine rings is 1. The van der Waals surface area contributed by atoms with E-state index < -0.39 is 18.6 Å². The van der Waals surface area contributed by atoms with E-state index in [4.69, 9.17) is 5.26 Å². The van der Waals surface area contributed by atoms with E-state index in [1.54, 1.807) is 18.2 Å². The first kappa shape index (κ1) is 17.2. The first-order valence-corrected chi connectivity index (χ1v) is 8.78. The van der Waals surface area contributed by atoms with Crippen molar-refractivity contribution in [1.29, 1.82) is 5.26 Å². The average Bonchev–Trinajstić information content (AvgIpc) is 3.13. The molecule has 1 aromatic heterocycles. The second-order valence-corrected chi connectivity index (χ2v) is 6.53. The third kappa shape index (κ3) is 3.56. The molecule has 2 amide bonds. The van der Waals surface area contributed by atoms with E-state index in [-0.39, 0.29) is 12.5 Å². The van der Waals surface area contributed by atoms with Gasteiger partial charge in [-0.05, 0) is 23.8 Å². The Morgan fingerprint density at radius 2 is 2.28 bits per heavy atom. The number of amides is 2. The lowest BCUT2D eigenvalue weighted by Crippen LogP contribution is -2.42. The summed E-state index contributed by atoms with van der Waals surface area (Å²) in [6, 6.07) is 8.02. The fraction of sp³-hybridized carbons (Fsp3) is 0.294. The Morgan fingerprint density at radius 3 is 3.04 bits per heavy atom. The summed E-state index contributed by atoms with van der Waals surface area (Å²) in [5.74, 6) is 0.298. The monoisotopic (exact) mass is 358 g/mol. The van der Waals surface area contributed by atoms with Crippen LogP contribution in [0.15, 0.2) is 30.5 Å². The normalized spacial score (nSPS) is 16.6. The Morgan fingerprint density at radius 1 is 1.44 bits per heavy atom. The molecule has 1 saturated heterocycles. The van der Waals surface area contributed by atoms with Gasteiger partial charge in [-0.1, -0.05) is 6.07 Å². The maximum Gasteiger partial charge on any atom is 0.252 e. The van der Waals surface area contributed by atoms with Crippen molar-refractivity contribution in [1.82, 2.24) is 15.2 Å². The fourth-order valence-electron chi connectivity index (χ4n) is 2.62. The van der Waals surface area contributed by atoms with Gasteiger partial charge in [-0.25, -0.2) is 4.39 Å². The summed E-state index contributed by atoms with van der Waals surface area (Å²) < 4.78 is 12.9. The van der Waals surface area contributed by atoms with Gasteiger partial charge in [0.05, 0.1) is 29.6 Å². The number of hydrogen-bond donors (Lipinski definition) is 1. The number of carbonyl (C=O) groups excluding carboxylic acids is 2. The van der Waals surface area contributed by atoms with E-state index in [9.17, 15) is 14.0 Å². The van der Waals surface area contributed by atoms with Gasteiger partial charge in [-0.3, -0.25) is 14.6 Å². The van der Waals surface area contributed by atoms with Gasteiger partial charge in [-0.2, -0.15) is 5.26 Å². The van der Waals surface area contributed by atoms with Gasteiger partial charge in [0.2, 0.25) is 5.91 Å². The Hall–Kier alpha value is -2.66. The lowest BCUT2D eigenvalue weighted by atomic mass is 10.1. The molecule has 25 heavy (non-hydrogen) atoms. The second-order valence-electron chi connectivity index (χ2n) is 5.53. The Labute approximate surface area is 148 Å². The van der Waals surface area contributed by atoms with Crippen molar-refractivity contribution >= 4 is 34.5 Å². The lowest BCUT2D eigenvalue weighted by molar-refractivity contribution is -0.129. The zero-order valence-corrected chi connectivity index (χ0v) is 14.1. The SMILES string of the molecule is N#C[C@@H]1CSCN1C(=O)CNC(=O)c1ccnc2ccc(CF)cc12. The predicted molar refractivity (Wildman–Crippen MR) is 92.5 cm³/mol. The zero-order chi connectivity index (χ0) is 17.8. The van der Waals surface area contributed by atoms with Gasteiger partial charge in [0, 0.05) is 17.3 Å². The Balaban J connectivity index is 1.74. The first-order valence-electron chi connectivity index (χ1n) is 7.62. The van der Waals surface area contributed by atoms with Gasteiger partial charge in [0.1, 0.15) is 12.7 Å². The molecule has 1 aromatic carbocycles. The molecular weight excluding hydrogens is 343 g/mol. The summed E-state index contributed by atoms with van der Waals surface area (Å²) in [7, 11) is 0. The topological polar surface area (TPSA) is 86.1 Å². The largest absolute Gasteiger partial charge is 0.343 e. The van der Waals surface area contributed by atoms with Gasteiger partial charge < -0.3 is 10.2 Å². The fourth-order valence-corrected chi connectivity index (χ4v) is 3.73. The molecule has 1 atom stereocenters. The number of thioether (sulfide) groups is 1. The highest BCUT2D eigenvalue weighted by atomic mass is 32.2. The van der Waals surface area contributed by atoms with Gasteiger partial charge in [-0.15, -0.1) is 11.8 Å². The van der Waals surface area contributed by atoms with E-state index in [1.807, 2.05) is 0 Å². The number of carbonyl (C=O) groups is 2. The van der Waals surface area contributed by atoms with E-state index in [0.29, 0.717) is 33.7 Å². The number of nitrogens with zero attached hydrogens (tertiary/aromatic N) is 3. The van der Waals surface area contributed by atoms with Gasteiger partial charge >= 0.3 is 0 Å². The van der Waals surface area contributed by atoms with Crippen molar-refractivity contribution in [2.75, 3.05) is 18.2 Å². The summed E-state index contributed by atoms with van der Waals surface area (Å²) in [6.07, 6.45) is 1.50. The van der Waals surface area contributed by atoms with Crippen LogP contribution in [0.3, 0.4) is 0 Å². The summed E-state index contributed by atoms with van der Waals surface area (Å²) in [6.45, 7) is -0.823. The van der Waals surface area contributed by atoms with Crippen molar-refractivity contribution < 1.29 is 14.0 Å². The number of alkyl halides is 1. The van der Waals surface area contributed by atoms with Gasteiger partial charge in [0.15, 0.2) is 0 Å². The van der Waals surface area contributed by atoms with E-state index in [0.717, 1.165) is 0 Å². The average molecular weight is 358 g/mol. The van der Waals surface area contributed by atoms with E-state index in [2.05, 4.69) is 16.4 Å². The highest BCUT2D eigenvalue weighted by Crippen LogP contribution is 2.21. The number of nitriles is 1. The van der Waals surface area contributed by atoms with Crippen LogP contribution in [0.5, 0.6) is 0 Å². The molecular formula is C17H15FN4O2S. The van der Waals surface area contributed by atoms with Crippen LogP contribution in [0.2, 0.25) is 0 Å². The van der Waals surface area contributed by atoms with Crippen molar-refractivity contribution in [3.05, 3.63) is 41.6 Å². The van der Waals surface area contributed by atoms with Gasteiger partial charge in [0.25, 0.3) is 5.91 Å². The molecule has 8 heteroatoms. The summed E-state index contributed by atoms with van der Waals surface area (Å²) in [5.41, 5.74) is 1.37. The highest BCUT2D eigenvalue weighted by Gasteiger charge is 2.29. The molecule has 0 bridgehead atoms. The van der Waals surface area contributed by atoms with Crippen molar-refractivity contribution in [2.45, 2.75) is 12.7 Å². The molecule has 1 N–H and O–H groups in total. The molecule has 0 radical (unpaired) electrons.